The van der Waals surface area contributed by atoms with Gasteiger partial charge in [0, 0.05) is 37.5 Å². The maximum Gasteiger partial charge on any atom is 0.235 e. The topological polar surface area (TPSA) is 23.6 Å². The third-order valence-electron chi connectivity index (χ3n) is 6.16. The fraction of sp³-hybridized carbons (Fsp3) is 0.833. The van der Waals surface area contributed by atoms with Crippen LogP contribution in [0.3, 0.4) is 0 Å². The molecule has 0 saturated carbocycles. The number of hydrogen-bond donors (Lipinski definition) is 0. The summed E-state index contributed by atoms with van der Waals surface area (Å²) in [6, 6.07) is 1.41. The van der Waals surface area contributed by atoms with Crippen molar-refractivity contribution in [2.24, 2.45) is 11.8 Å². The van der Waals surface area contributed by atoms with Crippen LogP contribution in [0.5, 0.6) is 0 Å². The Kier molecular flexibility index (Phi) is 4.11. The molecule has 4 nitrogen and oxygen atoms in total. The zero-order chi connectivity index (χ0) is 16.1. The summed E-state index contributed by atoms with van der Waals surface area (Å²) in [6.45, 7) is 7.65. The molecular formula is C18H32N3O+. The Morgan fingerprint density at radius 1 is 1.23 bits per heavy atom. The molecule has 3 rings (SSSR count). The average Bonchev–Trinajstić information content (AvgIpc) is 2.94. The standard InChI is InChI=1S/C18H32N3O/c1-13(2)17-16(8-6-7-9-21(17,4)5)18(22)20-12-14-10-15(20)11-19(14)3/h6,8,13-17H,7,9-12H2,1-5H3/q+1/t14-,15-,16?,17?/m0/s1. The van der Waals surface area contributed by atoms with E-state index in [0.717, 1.165) is 30.5 Å². The number of hydrogen-bond acceptors (Lipinski definition) is 2. The van der Waals surface area contributed by atoms with Gasteiger partial charge in [0.15, 0.2) is 0 Å². The molecule has 3 aliphatic rings. The molecule has 1 amide bonds. The highest BCUT2D eigenvalue weighted by Crippen LogP contribution is 2.34. The first kappa shape index (κ1) is 16.0. The summed E-state index contributed by atoms with van der Waals surface area (Å²) in [4.78, 5) is 17.9. The van der Waals surface area contributed by atoms with Crippen LogP contribution in [-0.2, 0) is 4.79 Å². The minimum Gasteiger partial charge on any atom is -0.336 e. The predicted molar refractivity (Wildman–Crippen MR) is 89.4 cm³/mol. The van der Waals surface area contributed by atoms with Gasteiger partial charge in [-0.2, -0.15) is 0 Å². The number of amides is 1. The quantitative estimate of drug-likeness (QED) is 0.571. The van der Waals surface area contributed by atoms with E-state index in [9.17, 15) is 4.79 Å². The number of rotatable bonds is 2. The molecule has 3 heterocycles. The molecule has 3 aliphatic heterocycles. The van der Waals surface area contributed by atoms with Crippen LogP contribution in [0.15, 0.2) is 12.2 Å². The molecule has 2 bridgehead atoms. The number of piperazine rings is 1. The van der Waals surface area contributed by atoms with Crippen LogP contribution in [0, 0.1) is 11.8 Å². The Morgan fingerprint density at radius 3 is 2.50 bits per heavy atom. The summed E-state index contributed by atoms with van der Waals surface area (Å²) >= 11 is 0. The van der Waals surface area contributed by atoms with Crippen molar-refractivity contribution in [1.29, 1.82) is 0 Å². The molecule has 22 heavy (non-hydrogen) atoms. The van der Waals surface area contributed by atoms with Crippen molar-refractivity contribution in [2.45, 2.75) is 44.8 Å². The van der Waals surface area contributed by atoms with E-state index < -0.39 is 0 Å². The zero-order valence-corrected chi connectivity index (χ0v) is 14.8. The minimum absolute atomic E-state index is 0.0437. The Labute approximate surface area is 135 Å². The monoisotopic (exact) mass is 306 g/mol. The van der Waals surface area contributed by atoms with Gasteiger partial charge in [-0.1, -0.05) is 26.0 Å². The van der Waals surface area contributed by atoms with Gasteiger partial charge in [0.25, 0.3) is 0 Å². The maximum absolute atomic E-state index is 13.3. The molecule has 2 saturated heterocycles. The lowest BCUT2D eigenvalue weighted by Gasteiger charge is -2.43. The van der Waals surface area contributed by atoms with Crippen molar-refractivity contribution in [3.05, 3.63) is 12.2 Å². The Balaban J connectivity index is 1.83. The summed E-state index contributed by atoms with van der Waals surface area (Å²) in [6.07, 6.45) is 6.71. The van der Waals surface area contributed by atoms with E-state index in [-0.39, 0.29) is 5.92 Å². The molecule has 0 aliphatic carbocycles. The third-order valence-corrected chi connectivity index (χ3v) is 6.16. The number of carbonyl (C=O) groups excluding carboxylic acids is 1. The number of likely N-dealkylation sites (tertiary alicyclic amines) is 2. The van der Waals surface area contributed by atoms with Gasteiger partial charge in [0.2, 0.25) is 5.91 Å². The van der Waals surface area contributed by atoms with Gasteiger partial charge >= 0.3 is 0 Å². The SMILES string of the molecule is CC(C)C1C(C(=O)N2C[C@@H]3C[C@H]2CN3C)C=CCC[N+]1(C)C. The van der Waals surface area contributed by atoms with E-state index in [2.05, 4.69) is 56.9 Å². The van der Waals surface area contributed by atoms with E-state index in [0.29, 0.717) is 30.0 Å². The van der Waals surface area contributed by atoms with Crippen molar-refractivity contribution in [3.63, 3.8) is 0 Å². The highest BCUT2D eigenvalue weighted by atomic mass is 16.2. The first-order chi connectivity index (χ1) is 10.3. The Hall–Kier alpha value is -0.870. The fourth-order valence-electron chi connectivity index (χ4n) is 5.13. The Morgan fingerprint density at radius 2 is 1.95 bits per heavy atom. The lowest BCUT2D eigenvalue weighted by Crippen LogP contribution is -2.59. The second-order valence-electron chi connectivity index (χ2n) is 8.45. The van der Waals surface area contributed by atoms with Crippen molar-refractivity contribution < 1.29 is 9.28 Å². The summed E-state index contributed by atoms with van der Waals surface area (Å²) in [5.41, 5.74) is 0. The van der Waals surface area contributed by atoms with E-state index in [1.54, 1.807) is 0 Å². The van der Waals surface area contributed by atoms with Gasteiger partial charge in [-0.3, -0.25) is 9.69 Å². The largest absolute Gasteiger partial charge is 0.336 e. The molecule has 0 aromatic heterocycles. The van der Waals surface area contributed by atoms with E-state index >= 15 is 0 Å². The smallest absolute Gasteiger partial charge is 0.235 e. The molecule has 0 radical (unpaired) electrons. The molecule has 4 heteroatoms. The molecule has 0 aromatic carbocycles. The second-order valence-corrected chi connectivity index (χ2v) is 8.45. The van der Waals surface area contributed by atoms with E-state index in [1.165, 1.54) is 6.42 Å². The fourth-order valence-corrected chi connectivity index (χ4v) is 5.13. The van der Waals surface area contributed by atoms with Crippen molar-refractivity contribution in [2.75, 3.05) is 40.8 Å². The van der Waals surface area contributed by atoms with Crippen molar-refractivity contribution >= 4 is 5.91 Å². The predicted octanol–water partition coefficient (Wildman–Crippen LogP) is 1.58. The van der Waals surface area contributed by atoms with Gasteiger partial charge < -0.3 is 9.38 Å². The first-order valence-electron chi connectivity index (χ1n) is 8.81. The summed E-state index contributed by atoms with van der Waals surface area (Å²) in [5.74, 6) is 0.931. The van der Waals surface area contributed by atoms with Gasteiger partial charge in [-0.25, -0.2) is 0 Å². The number of likely N-dealkylation sites (N-methyl/N-ethyl adjacent to an activating group) is 1. The van der Waals surface area contributed by atoms with Crippen LogP contribution in [-0.4, -0.2) is 79.1 Å². The number of carbonyl (C=O) groups is 1. The molecular weight excluding hydrogens is 274 g/mol. The van der Waals surface area contributed by atoms with Crippen LogP contribution in [0.25, 0.3) is 0 Å². The molecule has 4 atom stereocenters. The molecule has 124 valence electrons. The van der Waals surface area contributed by atoms with Crippen LogP contribution in [0.4, 0.5) is 0 Å². The molecule has 2 unspecified atom stereocenters. The normalized spacial score (nSPS) is 37.8. The van der Waals surface area contributed by atoms with Gasteiger partial charge in [-0.15, -0.1) is 0 Å². The van der Waals surface area contributed by atoms with Gasteiger partial charge in [0.05, 0.1) is 20.6 Å². The van der Waals surface area contributed by atoms with Crippen LogP contribution in [0.1, 0.15) is 26.7 Å². The van der Waals surface area contributed by atoms with Crippen LogP contribution < -0.4 is 0 Å². The minimum atomic E-state index is 0.0437. The van der Waals surface area contributed by atoms with Crippen LogP contribution in [0.2, 0.25) is 0 Å². The van der Waals surface area contributed by atoms with E-state index in [4.69, 9.17) is 0 Å². The number of nitrogens with zero attached hydrogens (tertiary/aromatic N) is 3. The maximum atomic E-state index is 13.3. The third kappa shape index (κ3) is 2.61. The van der Waals surface area contributed by atoms with Gasteiger partial charge in [-0.05, 0) is 13.5 Å². The number of fused-ring (bicyclic) bond motifs is 2. The molecule has 0 aromatic rings. The highest BCUT2D eigenvalue weighted by molar-refractivity contribution is 5.82. The summed E-state index contributed by atoms with van der Waals surface area (Å²) < 4.78 is 0.947. The summed E-state index contributed by atoms with van der Waals surface area (Å²) in [5, 5.41) is 0. The average molecular weight is 306 g/mol. The lowest BCUT2D eigenvalue weighted by atomic mass is 9.86. The summed E-state index contributed by atoms with van der Waals surface area (Å²) in [7, 11) is 6.78. The number of quaternary nitrogens is 1. The second kappa shape index (κ2) is 5.64. The molecule has 0 N–H and O–H groups in total. The molecule has 0 spiro atoms. The lowest BCUT2D eigenvalue weighted by molar-refractivity contribution is -0.919. The zero-order valence-electron chi connectivity index (χ0n) is 14.8. The molecule has 2 fully saturated rings. The van der Waals surface area contributed by atoms with Crippen molar-refractivity contribution in [3.8, 4) is 0 Å². The van der Waals surface area contributed by atoms with E-state index in [1.807, 2.05) is 0 Å². The van der Waals surface area contributed by atoms with Crippen molar-refractivity contribution in [1.82, 2.24) is 9.80 Å². The van der Waals surface area contributed by atoms with Gasteiger partial charge in [0.1, 0.15) is 12.0 Å². The van der Waals surface area contributed by atoms with Crippen LogP contribution >= 0.6 is 0 Å². The Bertz CT molecular complexity index is 469. The first-order valence-corrected chi connectivity index (χ1v) is 8.81. The highest BCUT2D eigenvalue weighted by Gasteiger charge is 2.49.